The number of nitrogens with zero attached hydrogens (tertiary/aromatic N) is 1. The summed E-state index contributed by atoms with van der Waals surface area (Å²) in [5.74, 6) is 0.558. The van der Waals surface area contributed by atoms with E-state index in [4.69, 9.17) is 5.73 Å². The van der Waals surface area contributed by atoms with E-state index in [0.29, 0.717) is 25.0 Å². The standard InChI is InChI=1S/C14H20BrN3O/c1-10-6-11(7-16)8-18(10)9-14(19)17-13-4-2-12(15)3-5-13/h2-5,10-11H,6-9,16H2,1H3,(H,17,19). The number of nitrogens with two attached hydrogens (primary N) is 1. The Balaban J connectivity index is 1.86. The van der Waals surface area contributed by atoms with Gasteiger partial charge in [-0.25, -0.2) is 0 Å². The van der Waals surface area contributed by atoms with E-state index in [1.54, 1.807) is 0 Å². The van der Waals surface area contributed by atoms with Gasteiger partial charge in [0.1, 0.15) is 0 Å². The molecule has 0 spiro atoms. The van der Waals surface area contributed by atoms with Crippen molar-refractivity contribution in [2.45, 2.75) is 19.4 Å². The topological polar surface area (TPSA) is 58.4 Å². The summed E-state index contributed by atoms with van der Waals surface area (Å²) in [6, 6.07) is 8.04. The second-order valence-corrected chi connectivity index (χ2v) is 6.09. The van der Waals surface area contributed by atoms with Gasteiger partial charge in [-0.3, -0.25) is 9.69 Å². The number of likely N-dealkylation sites (tertiary alicyclic amines) is 1. The average Bonchev–Trinajstić information content (AvgIpc) is 2.73. The van der Waals surface area contributed by atoms with Gasteiger partial charge in [0, 0.05) is 22.7 Å². The third kappa shape index (κ3) is 4.03. The molecule has 1 aliphatic heterocycles. The summed E-state index contributed by atoms with van der Waals surface area (Å²) >= 11 is 3.37. The van der Waals surface area contributed by atoms with E-state index in [-0.39, 0.29) is 5.91 Å². The highest BCUT2D eigenvalue weighted by Crippen LogP contribution is 2.21. The molecule has 0 radical (unpaired) electrons. The largest absolute Gasteiger partial charge is 0.330 e. The molecular formula is C14H20BrN3O. The van der Waals surface area contributed by atoms with Crippen molar-refractivity contribution in [2.75, 3.05) is 25.0 Å². The molecule has 0 bridgehead atoms. The third-order valence-corrected chi connectivity index (χ3v) is 4.13. The molecule has 1 aliphatic rings. The number of benzene rings is 1. The van der Waals surface area contributed by atoms with Gasteiger partial charge in [0.2, 0.25) is 5.91 Å². The van der Waals surface area contributed by atoms with Crippen molar-refractivity contribution in [1.82, 2.24) is 4.90 Å². The lowest BCUT2D eigenvalue weighted by Gasteiger charge is -2.20. The Morgan fingerprint density at radius 2 is 2.16 bits per heavy atom. The normalized spacial score (nSPS) is 23.5. The number of hydrogen-bond acceptors (Lipinski definition) is 3. The Hall–Kier alpha value is -0.910. The van der Waals surface area contributed by atoms with Crippen LogP contribution in [0.4, 0.5) is 5.69 Å². The van der Waals surface area contributed by atoms with Gasteiger partial charge >= 0.3 is 0 Å². The Morgan fingerprint density at radius 1 is 1.47 bits per heavy atom. The van der Waals surface area contributed by atoms with Gasteiger partial charge < -0.3 is 11.1 Å². The number of halogens is 1. The van der Waals surface area contributed by atoms with Crippen LogP contribution in [-0.4, -0.2) is 36.5 Å². The van der Waals surface area contributed by atoms with Crippen LogP contribution in [0.5, 0.6) is 0 Å². The first-order valence-corrected chi connectivity index (χ1v) is 7.37. The zero-order chi connectivity index (χ0) is 13.8. The van der Waals surface area contributed by atoms with Gasteiger partial charge in [-0.2, -0.15) is 0 Å². The second-order valence-electron chi connectivity index (χ2n) is 5.17. The lowest BCUT2D eigenvalue weighted by Crippen LogP contribution is -2.35. The summed E-state index contributed by atoms with van der Waals surface area (Å²) in [5.41, 5.74) is 6.52. The lowest BCUT2D eigenvalue weighted by atomic mass is 10.1. The summed E-state index contributed by atoms with van der Waals surface area (Å²) in [5, 5.41) is 2.92. The zero-order valence-corrected chi connectivity index (χ0v) is 12.7. The quantitative estimate of drug-likeness (QED) is 0.890. The second kappa shape index (κ2) is 6.50. The van der Waals surface area contributed by atoms with Crippen molar-refractivity contribution in [3.63, 3.8) is 0 Å². The molecule has 0 saturated carbocycles. The van der Waals surface area contributed by atoms with Crippen molar-refractivity contribution in [3.8, 4) is 0 Å². The van der Waals surface area contributed by atoms with Crippen molar-refractivity contribution in [1.29, 1.82) is 0 Å². The molecule has 4 nitrogen and oxygen atoms in total. The van der Waals surface area contributed by atoms with Crippen LogP contribution in [-0.2, 0) is 4.79 Å². The number of carbonyl (C=O) groups excluding carboxylic acids is 1. The fraction of sp³-hybridized carbons (Fsp3) is 0.500. The summed E-state index contributed by atoms with van der Waals surface area (Å²) in [6.45, 7) is 4.22. The highest BCUT2D eigenvalue weighted by atomic mass is 79.9. The van der Waals surface area contributed by atoms with E-state index in [1.165, 1.54) is 0 Å². The van der Waals surface area contributed by atoms with Crippen molar-refractivity contribution in [2.24, 2.45) is 11.7 Å². The average molecular weight is 326 g/mol. The monoisotopic (exact) mass is 325 g/mol. The molecule has 1 aromatic rings. The minimum atomic E-state index is 0.0341. The predicted molar refractivity (Wildman–Crippen MR) is 81.0 cm³/mol. The third-order valence-electron chi connectivity index (χ3n) is 3.60. The fourth-order valence-corrected chi connectivity index (χ4v) is 2.79. The molecule has 1 saturated heterocycles. The van der Waals surface area contributed by atoms with Crippen LogP contribution in [0.25, 0.3) is 0 Å². The van der Waals surface area contributed by atoms with Crippen LogP contribution >= 0.6 is 15.9 Å². The van der Waals surface area contributed by atoms with Gasteiger partial charge in [0.05, 0.1) is 6.54 Å². The number of nitrogens with one attached hydrogen (secondary N) is 1. The van der Waals surface area contributed by atoms with Crippen molar-refractivity contribution >= 4 is 27.5 Å². The maximum absolute atomic E-state index is 12.0. The van der Waals surface area contributed by atoms with E-state index >= 15 is 0 Å². The molecule has 0 aromatic heterocycles. The SMILES string of the molecule is CC1CC(CN)CN1CC(=O)Nc1ccc(Br)cc1. The van der Waals surface area contributed by atoms with Gasteiger partial charge in [0.25, 0.3) is 0 Å². The first kappa shape index (κ1) is 14.5. The van der Waals surface area contributed by atoms with Crippen LogP contribution in [0.3, 0.4) is 0 Å². The molecule has 104 valence electrons. The molecule has 2 unspecified atom stereocenters. The molecule has 19 heavy (non-hydrogen) atoms. The Bertz CT molecular complexity index is 435. The minimum absolute atomic E-state index is 0.0341. The predicted octanol–water partition coefficient (Wildman–Crippen LogP) is 2.06. The minimum Gasteiger partial charge on any atom is -0.330 e. The molecule has 1 fully saturated rings. The molecule has 1 aromatic carbocycles. The van der Waals surface area contributed by atoms with E-state index in [9.17, 15) is 4.79 Å². The Morgan fingerprint density at radius 3 is 2.74 bits per heavy atom. The Labute approximate surface area is 122 Å². The van der Waals surface area contributed by atoms with E-state index in [0.717, 1.165) is 23.1 Å². The molecule has 1 heterocycles. The first-order valence-electron chi connectivity index (χ1n) is 6.58. The van der Waals surface area contributed by atoms with E-state index in [2.05, 4.69) is 33.1 Å². The lowest BCUT2D eigenvalue weighted by molar-refractivity contribution is -0.117. The van der Waals surface area contributed by atoms with Gasteiger partial charge in [0.15, 0.2) is 0 Å². The van der Waals surface area contributed by atoms with Crippen molar-refractivity contribution in [3.05, 3.63) is 28.7 Å². The summed E-state index contributed by atoms with van der Waals surface area (Å²) in [7, 11) is 0. The maximum atomic E-state index is 12.0. The fourth-order valence-electron chi connectivity index (χ4n) is 2.53. The molecule has 2 rings (SSSR count). The van der Waals surface area contributed by atoms with Crippen LogP contribution in [0, 0.1) is 5.92 Å². The van der Waals surface area contributed by atoms with Crippen LogP contribution in [0.15, 0.2) is 28.7 Å². The van der Waals surface area contributed by atoms with Crippen molar-refractivity contribution < 1.29 is 4.79 Å². The number of amides is 1. The molecule has 2 atom stereocenters. The highest BCUT2D eigenvalue weighted by molar-refractivity contribution is 9.10. The highest BCUT2D eigenvalue weighted by Gasteiger charge is 2.29. The molecule has 5 heteroatoms. The van der Waals surface area contributed by atoms with Gasteiger partial charge in [-0.15, -0.1) is 0 Å². The van der Waals surface area contributed by atoms with Gasteiger partial charge in [-0.1, -0.05) is 15.9 Å². The number of hydrogen-bond donors (Lipinski definition) is 2. The van der Waals surface area contributed by atoms with E-state index in [1.807, 2.05) is 24.3 Å². The van der Waals surface area contributed by atoms with Crippen LogP contribution < -0.4 is 11.1 Å². The number of anilines is 1. The zero-order valence-electron chi connectivity index (χ0n) is 11.1. The first-order chi connectivity index (χ1) is 9.08. The number of rotatable bonds is 4. The smallest absolute Gasteiger partial charge is 0.238 e. The molecule has 1 amide bonds. The summed E-state index contributed by atoms with van der Waals surface area (Å²) in [6.07, 6.45) is 1.09. The van der Waals surface area contributed by atoms with E-state index < -0.39 is 0 Å². The van der Waals surface area contributed by atoms with Crippen LogP contribution in [0.1, 0.15) is 13.3 Å². The number of carbonyl (C=O) groups is 1. The Kier molecular flexibility index (Phi) is 4.96. The molecular weight excluding hydrogens is 306 g/mol. The summed E-state index contributed by atoms with van der Waals surface area (Å²) < 4.78 is 1.00. The van der Waals surface area contributed by atoms with Crippen LogP contribution in [0.2, 0.25) is 0 Å². The maximum Gasteiger partial charge on any atom is 0.238 e. The molecule has 0 aliphatic carbocycles. The summed E-state index contributed by atoms with van der Waals surface area (Å²) in [4.78, 5) is 14.2. The molecule has 3 N–H and O–H groups in total. The van der Waals surface area contributed by atoms with Gasteiger partial charge in [-0.05, 0) is 50.1 Å².